The molecule has 1 aromatic rings. The average molecular weight is 340 g/mol. The fourth-order valence-electron chi connectivity index (χ4n) is 2.94. The van der Waals surface area contributed by atoms with Crippen LogP contribution in [0.5, 0.6) is 0 Å². The summed E-state index contributed by atoms with van der Waals surface area (Å²) in [6.07, 6.45) is -1.50. The lowest BCUT2D eigenvalue weighted by Crippen LogP contribution is -2.48. The standard InChI is InChI=1S/C18H26F2N2O2/c1-18(2,3)24-17(23)22-10-9-14(21-12-16(19)20)11-15(22)13-7-5-4-6-8-13/h4-8,14-16,21H,9-12H2,1-3H3/t14?,15-/m1/s1. The summed E-state index contributed by atoms with van der Waals surface area (Å²) in [5.74, 6) is 0. The zero-order chi connectivity index (χ0) is 17.7. The van der Waals surface area contributed by atoms with E-state index in [1.54, 1.807) is 4.90 Å². The number of nitrogens with one attached hydrogen (secondary N) is 1. The molecule has 1 aliphatic rings. The van der Waals surface area contributed by atoms with Gasteiger partial charge in [0.15, 0.2) is 0 Å². The monoisotopic (exact) mass is 340 g/mol. The SMILES string of the molecule is CC(C)(C)OC(=O)N1CCC(NCC(F)F)C[C@@H]1c1ccccc1. The van der Waals surface area contributed by atoms with Gasteiger partial charge in [0.2, 0.25) is 0 Å². The summed E-state index contributed by atoms with van der Waals surface area (Å²) < 4.78 is 30.4. The van der Waals surface area contributed by atoms with E-state index < -0.39 is 12.0 Å². The third kappa shape index (κ3) is 5.44. The van der Waals surface area contributed by atoms with Crippen molar-refractivity contribution < 1.29 is 18.3 Å². The van der Waals surface area contributed by atoms with Crippen LogP contribution in [0.25, 0.3) is 0 Å². The normalized spacial score (nSPS) is 21.8. The van der Waals surface area contributed by atoms with Crippen molar-refractivity contribution >= 4 is 6.09 Å². The summed E-state index contributed by atoms with van der Waals surface area (Å²) in [7, 11) is 0. The molecule has 1 amide bonds. The molecule has 1 saturated heterocycles. The Morgan fingerprint density at radius 2 is 2.00 bits per heavy atom. The number of piperidine rings is 1. The highest BCUT2D eigenvalue weighted by Gasteiger charge is 2.35. The van der Waals surface area contributed by atoms with E-state index in [9.17, 15) is 13.6 Å². The summed E-state index contributed by atoms with van der Waals surface area (Å²) in [6, 6.07) is 9.44. The Bertz CT molecular complexity index is 532. The lowest BCUT2D eigenvalue weighted by Gasteiger charge is -2.40. The molecule has 0 radical (unpaired) electrons. The summed E-state index contributed by atoms with van der Waals surface area (Å²) >= 11 is 0. The molecule has 1 N–H and O–H groups in total. The molecule has 0 spiro atoms. The molecule has 1 unspecified atom stereocenters. The fraction of sp³-hybridized carbons (Fsp3) is 0.611. The molecule has 0 aliphatic carbocycles. The van der Waals surface area contributed by atoms with Gasteiger partial charge in [0.1, 0.15) is 5.60 Å². The Balaban J connectivity index is 2.13. The van der Waals surface area contributed by atoms with Gasteiger partial charge >= 0.3 is 6.09 Å². The van der Waals surface area contributed by atoms with E-state index in [-0.39, 0.29) is 24.7 Å². The van der Waals surface area contributed by atoms with Gasteiger partial charge < -0.3 is 15.0 Å². The lowest BCUT2D eigenvalue weighted by atomic mass is 9.92. The number of amides is 1. The first-order valence-electron chi connectivity index (χ1n) is 8.32. The van der Waals surface area contributed by atoms with Crippen molar-refractivity contribution in [2.45, 2.75) is 57.7 Å². The molecule has 1 heterocycles. The maximum absolute atomic E-state index is 12.5. The average Bonchev–Trinajstić information content (AvgIpc) is 2.52. The molecule has 6 heteroatoms. The van der Waals surface area contributed by atoms with Gasteiger partial charge in [-0.15, -0.1) is 0 Å². The van der Waals surface area contributed by atoms with Crippen LogP contribution in [0.1, 0.15) is 45.2 Å². The highest BCUT2D eigenvalue weighted by molar-refractivity contribution is 5.69. The number of carbonyl (C=O) groups excluding carboxylic acids is 1. The van der Waals surface area contributed by atoms with Gasteiger partial charge in [-0.3, -0.25) is 0 Å². The van der Waals surface area contributed by atoms with Crippen LogP contribution in [-0.2, 0) is 4.74 Å². The predicted octanol–water partition coefficient (Wildman–Crippen LogP) is 3.98. The van der Waals surface area contributed by atoms with Gasteiger partial charge in [0.05, 0.1) is 12.6 Å². The fourth-order valence-corrected chi connectivity index (χ4v) is 2.94. The van der Waals surface area contributed by atoms with Crippen LogP contribution in [0.4, 0.5) is 13.6 Å². The number of likely N-dealkylation sites (tertiary alicyclic amines) is 1. The molecule has 2 rings (SSSR count). The Labute approximate surface area is 142 Å². The minimum absolute atomic E-state index is 0.0390. The van der Waals surface area contributed by atoms with Gasteiger partial charge in [0.25, 0.3) is 6.43 Å². The molecule has 4 nitrogen and oxygen atoms in total. The van der Waals surface area contributed by atoms with Crippen LogP contribution in [0.3, 0.4) is 0 Å². The third-order valence-corrected chi connectivity index (χ3v) is 3.98. The molecule has 1 fully saturated rings. The number of hydrogen-bond acceptors (Lipinski definition) is 3. The minimum atomic E-state index is -2.37. The smallest absolute Gasteiger partial charge is 0.410 e. The molecule has 134 valence electrons. The van der Waals surface area contributed by atoms with Gasteiger partial charge in [-0.1, -0.05) is 30.3 Å². The van der Waals surface area contributed by atoms with E-state index in [2.05, 4.69) is 5.32 Å². The van der Waals surface area contributed by atoms with E-state index in [1.807, 2.05) is 51.1 Å². The van der Waals surface area contributed by atoms with E-state index in [0.717, 1.165) is 5.56 Å². The molecule has 2 atom stereocenters. The molecule has 0 aromatic heterocycles. The van der Waals surface area contributed by atoms with Crippen molar-refractivity contribution in [3.63, 3.8) is 0 Å². The lowest BCUT2D eigenvalue weighted by molar-refractivity contribution is 0.00579. The zero-order valence-corrected chi connectivity index (χ0v) is 14.5. The topological polar surface area (TPSA) is 41.6 Å². The summed E-state index contributed by atoms with van der Waals surface area (Å²) in [5, 5.41) is 2.90. The molecule has 0 saturated carbocycles. The van der Waals surface area contributed by atoms with E-state index >= 15 is 0 Å². The van der Waals surface area contributed by atoms with E-state index in [1.165, 1.54) is 0 Å². The second-order valence-corrected chi connectivity index (χ2v) is 7.12. The first-order valence-corrected chi connectivity index (χ1v) is 8.32. The molecular weight excluding hydrogens is 314 g/mol. The number of hydrogen-bond donors (Lipinski definition) is 1. The van der Waals surface area contributed by atoms with Crippen molar-refractivity contribution in [2.24, 2.45) is 0 Å². The Morgan fingerprint density at radius 3 is 2.58 bits per heavy atom. The van der Waals surface area contributed by atoms with Crippen LogP contribution >= 0.6 is 0 Å². The van der Waals surface area contributed by atoms with Gasteiger partial charge in [0, 0.05) is 12.6 Å². The maximum Gasteiger partial charge on any atom is 0.410 e. The van der Waals surface area contributed by atoms with E-state index in [4.69, 9.17) is 4.74 Å². The van der Waals surface area contributed by atoms with Crippen molar-refractivity contribution in [2.75, 3.05) is 13.1 Å². The van der Waals surface area contributed by atoms with Crippen molar-refractivity contribution in [1.82, 2.24) is 10.2 Å². The zero-order valence-electron chi connectivity index (χ0n) is 14.5. The molecule has 0 bridgehead atoms. The number of benzene rings is 1. The Morgan fingerprint density at radius 1 is 1.33 bits per heavy atom. The van der Waals surface area contributed by atoms with Crippen LogP contribution in [-0.4, -0.2) is 42.2 Å². The minimum Gasteiger partial charge on any atom is -0.444 e. The van der Waals surface area contributed by atoms with Crippen LogP contribution in [0.2, 0.25) is 0 Å². The Kier molecular flexibility index (Phi) is 6.15. The summed E-state index contributed by atoms with van der Waals surface area (Å²) in [5.41, 5.74) is 0.426. The first kappa shape index (κ1) is 18.6. The van der Waals surface area contributed by atoms with Crippen molar-refractivity contribution in [1.29, 1.82) is 0 Å². The van der Waals surface area contributed by atoms with Crippen LogP contribution in [0, 0.1) is 0 Å². The van der Waals surface area contributed by atoms with E-state index in [0.29, 0.717) is 19.4 Å². The molecule has 1 aromatic carbocycles. The molecule has 1 aliphatic heterocycles. The number of nitrogens with zero attached hydrogens (tertiary/aromatic N) is 1. The largest absolute Gasteiger partial charge is 0.444 e. The van der Waals surface area contributed by atoms with Crippen LogP contribution in [0.15, 0.2) is 30.3 Å². The second kappa shape index (κ2) is 7.92. The summed E-state index contributed by atoms with van der Waals surface area (Å²) in [4.78, 5) is 14.2. The third-order valence-electron chi connectivity index (χ3n) is 3.98. The van der Waals surface area contributed by atoms with Crippen molar-refractivity contribution in [3.8, 4) is 0 Å². The Hall–Kier alpha value is -1.69. The number of alkyl halides is 2. The molecular formula is C18H26F2N2O2. The second-order valence-electron chi connectivity index (χ2n) is 7.12. The highest BCUT2D eigenvalue weighted by atomic mass is 19.3. The highest BCUT2D eigenvalue weighted by Crippen LogP contribution is 2.32. The molecule has 24 heavy (non-hydrogen) atoms. The predicted molar refractivity (Wildman–Crippen MR) is 89.2 cm³/mol. The number of ether oxygens (including phenoxy) is 1. The summed E-state index contributed by atoms with van der Waals surface area (Å²) in [6.45, 7) is 5.66. The number of rotatable bonds is 4. The number of carbonyl (C=O) groups is 1. The van der Waals surface area contributed by atoms with Gasteiger partial charge in [-0.05, 0) is 39.2 Å². The van der Waals surface area contributed by atoms with Gasteiger partial charge in [-0.25, -0.2) is 13.6 Å². The van der Waals surface area contributed by atoms with Gasteiger partial charge in [-0.2, -0.15) is 0 Å². The first-order chi connectivity index (χ1) is 11.3. The number of halogens is 2. The van der Waals surface area contributed by atoms with Crippen LogP contribution < -0.4 is 5.32 Å². The maximum atomic E-state index is 12.5. The quantitative estimate of drug-likeness (QED) is 0.901. The van der Waals surface area contributed by atoms with Crippen molar-refractivity contribution in [3.05, 3.63) is 35.9 Å².